The number of nitrogens with zero attached hydrogens (tertiary/aromatic N) is 1. The number of allylic oxidation sites excluding steroid dienone is 1. The van der Waals surface area contributed by atoms with Crippen LogP contribution in [0.5, 0.6) is 0 Å². The Morgan fingerprint density at radius 2 is 1.88 bits per heavy atom. The summed E-state index contributed by atoms with van der Waals surface area (Å²) in [7, 11) is 0. The molecule has 2 aromatic carbocycles. The number of nitrogens with one attached hydrogen (secondary N) is 1. The summed E-state index contributed by atoms with van der Waals surface area (Å²) in [6, 6.07) is 19.6. The van der Waals surface area contributed by atoms with Crippen molar-refractivity contribution in [2.45, 2.75) is 18.1 Å². The number of hydrogen-bond donors (Lipinski definition) is 1. The van der Waals surface area contributed by atoms with Crippen molar-refractivity contribution in [3.8, 4) is 6.07 Å². The SMILES string of the molecule is N#CC1=C(SCc2ccc(Cl)cc2)NC(=O)C[C@H]1c1ccccc1. The Hall–Kier alpha value is -2.22. The van der Waals surface area contributed by atoms with Crippen LogP contribution in [-0.2, 0) is 10.5 Å². The smallest absolute Gasteiger partial charge is 0.225 e. The summed E-state index contributed by atoms with van der Waals surface area (Å²) in [4.78, 5) is 12.1. The van der Waals surface area contributed by atoms with Crippen LogP contribution in [0.1, 0.15) is 23.5 Å². The summed E-state index contributed by atoms with van der Waals surface area (Å²) in [5.41, 5.74) is 2.71. The average Bonchev–Trinajstić information content (AvgIpc) is 2.61. The summed E-state index contributed by atoms with van der Waals surface area (Å²) < 4.78 is 0. The molecule has 1 amide bonds. The standard InChI is InChI=1S/C19H15ClN2OS/c20-15-8-6-13(7-9-15)12-24-19-17(11-21)16(10-18(23)22-19)14-4-2-1-3-5-14/h1-9,16H,10,12H2,(H,22,23)/t16-/m0/s1. The van der Waals surface area contributed by atoms with Crippen molar-refractivity contribution >= 4 is 29.3 Å². The van der Waals surface area contributed by atoms with Gasteiger partial charge in [0.15, 0.2) is 0 Å². The van der Waals surface area contributed by atoms with Gasteiger partial charge in [0.25, 0.3) is 0 Å². The van der Waals surface area contributed by atoms with Gasteiger partial charge < -0.3 is 5.32 Å². The number of nitriles is 1. The highest BCUT2D eigenvalue weighted by Gasteiger charge is 2.29. The zero-order valence-electron chi connectivity index (χ0n) is 12.8. The molecule has 3 nitrogen and oxygen atoms in total. The van der Waals surface area contributed by atoms with E-state index in [0.29, 0.717) is 27.8 Å². The van der Waals surface area contributed by atoms with Gasteiger partial charge in [-0.15, -0.1) is 11.8 Å². The van der Waals surface area contributed by atoms with Gasteiger partial charge in [0.2, 0.25) is 5.91 Å². The molecule has 0 bridgehead atoms. The van der Waals surface area contributed by atoms with E-state index >= 15 is 0 Å². The van der Waals surface area contributed by atoms with Crippen LogP contribution < -0.4 is 5.32 Å². The van der Waals surface area contributed by atoms with Gasteiger partial charge in [0.1, 0.15) is 0 Å². The summed E-state index contributed by atoms with van der Waals surface area (Å²) in [6.07, 6.45) is 0.303. The van der Waals surface area contributed by atoms with Gasteiger partial charge in [0.05, 0.1) is 16.7 Å². The molecule has 0 saturated heterocycles. The van der Waals surface area contributed by atoms with Gasteiger partial charge in [-0.3, -0.25) is 4.79 Å². The molecule has 24 heavy (non-hydrogen) atoms. The summed E-state index contributed by atoms with van der Waals surface area (Å²) >= 11 is 7.37. The molecule has 3 rings (SSSR count). The van der Waals surface area contributed by atoms with Crippen molar-refractivity contribution in [2.75, 3.05) is 0 Å². The van der Waals surface area contributed by atoms with Crippen LogP contribution in [0, 0.1) is 11.3 Å². The molecule has 1 aliphatic heterocycles. The Morgan fingerprint density at radius 3 is 2.54 bits per heavy atom. The molecule has 1 aliphatic rings. The monoisotopic (exact) mass is 354 g/mol. The molecule has 1 N–H and O–H groups in total. The fraction of sp³-hybridized carbons (Fsp3) is 0.158. The summed E-state index contributed by atoms with van der Waals surface area (Å²) in [5, 5.41) is 13.8. The van der Waals surface area contributed by atoms with E-state index in [-0.39, 0.29) is 11.8 Å². The Bertz CT molecular complexity index is 810. The fourth-order valence-corrected chi connectivity index (χ4v) is 3.80. The van der Waals surface area contributed by atoms with E-state index < -0.39 is 0 Å². The second-order valence-corrected chi connectivity index (χ2v) is 6.91. The lowest BCUT2D eigenvalue weighted by atomic mass is 9.87. The highest BCUT2D eigenvalue weighted by Crippen LogP contribution is 2.36. The first-order chi connectivity index (χ1) is 11.7. The second-order valence-electron chi connectivity index (χ2n) is 5.49. The van der Waals surface area contributed by atoms with Crippen molar-refractivity contribution in [3.63, 3.8) is 0 Å². The number of thioether (sulfide) groups is 1. The highest BCUT2D eigenvalue weighted by molar-refractivity contribution is 8.02. The minimum atomic E-state index is -0.183. The van der Waals surface area contributed by atoms with E-state index in [1.54, 1.807) is 0 Å². The van der Waals surface area contributed by atoms with Crippen molar-refractivity contribution in [3.05, 3.63) is 81.3 Å². The molecule has 0 unspecified atom stereocenters. The van der Waals surface area contributed by atoms with Crippen LogP contribution in [0.4, 0.5) is 0 Å². The molecule has 2 aromatic rings. The number of rotatable bonds is 4. The lowest BCUT2D eigenvalue weighted by molar-refractivity contribution is -0.120. The third-order valence-corrected chi connectivity index (χ3v) is 5.19. The Balaban J connectivity index is 1.85. The zero-order chi connectivity index (χ0) is 16.9. The predicted octanol–water partition coefficient (Wildman–Crippen LogP) is 4.61. The van der Waals surface area contributed by atoms with Gasteiger partial charge in [-0.2, -0.15) is 5.26 Å². The number of carbonyl (C=O) groups is 1. The molecule has 0 aliphatic carbocycles. The van der Waals surface area contributed by atoms with E-state index in [9.17, 15) is 10.1 Å². The summed E-state index contributed by atoms with van der Waals surface area (Å²) in [5.74, 6) is 0.429. The largest absolute Gasteiger partial charge is 0.320 e. The van der Waals surface area contributed by atoms with Gasteiger partial charge in [-0.05, 0) is 23.3 Å². The molecule has 0 aromatic heterocycles. The van der Waals surface area contributed by atoms with Crippen molar-refractivity contribution < 1.29 is 4.79 Å². The van der Waals surface area contributed by atoms with Crippen molar-refractivity contribution in [2.24, 2.45) is 0 Å². The molecule has 1 heterocycles. The van der Waals surface area contributed by atoms with Crippen LogP contribution in [0.15, 0.2) is 65.2 Å². The molecule has 120 valence electrons. The molecule has 0 fully saturated rings. The summed E-state index contributed by atoms with van der Waals surface area (Å²) in [6.45, 7) is 0. The van der Waals surface area contributed by atoms with Gasteiger partial charge in [0, 0.05) is 23.1 Å². The number of amides is 1. The first kappa shape index (κ1) is 16.6. The minimum absolute atomic E-state index is 0.0542. The van der Waals surface area contributed by atoms with E-state index in [2.05, 4.69) is 11.4 Å². The average molecular weight is 355 g/mol. The second kappa shape index (κ2) is 7.57. The van der Waals surface area contributed by atoms with Crippen molar-refractivity contribution in [1.29, 1.82) is 5.26 Å². The van der Waals surface area contributed by atoms with Gasteiger partial charge in [-0.25, -0.2) is 0 Å². The van der Waals surface area contributed by atoms with Crippen LogP contribution in [-0.4, -0.2) is 5.91 Å². The molecule has 0 spiro atoms. The lowest BCUT2D eigenvalue weighted by Crippen LogP contribution is -2.30. The van der Waals surface area contributed by atoms with E-state index in [1.807, 2.05) is 54.6 Å². The number of carbonyl (C=O) groups excluding carboxylic acids is 1. The quantitative estimate of drug-likeness (QED) is 0.872. The number of benzene rings is 2. The van der Waals surface area contributed by atoms with Crippen LogP contribution in [0.25, 0.3) is 0 Å². The van der Waals surface area contributed by atoms with Crippen molar-refractivity contribution in [1.82, 2.24) is 5.32 Å². The fourth-order valence-electron chi connectivity index (χ4n) is 2.64. The number of halogens is 1. The Labute approximate surface area is 150 Å². The molecule has 0 radical (unpaired) electrons. The maximum absolute atomic E-state index is 12.1. The molecule has 1 atom stereocenters. The minimum Gasteiger partial charge on any atom is -0.320 e. The van der Waals surface area contributed by atoms with E-state index in [4.69, 9.17) is 11.6 Å². The highest BCUT2D eigenvalue weighted by atomic mass is 35.5. The molecule has 0 saturated carbocycles. The van der Waals surface area contributed by atoms with Gasteiger partial charge >= 0.3 is 0 Å². The Kier molecular flexibility index (Phi) is 5.24. The zero-order valence-corrected chi connectivity index (χ0v) is 14.4. The van der Waals surface area contributed by atoms with Crippen LogP contribution in [0.3, 0.4) is 0 Å². The topological polar surface area (TPSA) is 52.9 Å². The van der Waals surface area contributed by atoms with E-state index in [1.165, 1.54) is 11.8 Å². The maximum atomic E-state index is 12.1. The van der Waals surface area contributed by atoms with E-state index in [0.717, 1.165) is 11.1 Å². The molecule has 5 heteroatoms. The molecular formula is C19H15ClN2OS. The Morgan fingerprint density at radius 1 is 1.17 bits per heavy atom. The van der Waals surface area contributed by atoms with Gasteiger partial charge in [-0.1, -0.05) is 54.1 Å². The number of hydrogen-bond acceptors (Lipinski definition) is 3. The first-order valence-corrected chi connectivity index (χ1v) is 8.90. The van der Waals surface area contributed by atoms with Crippen LogP contribution in [0.2, 0.25) is 5.02 Å². The third-order valence-electron chi connectivity index (χ3n) is 3.85. The lowest BCUT2D eigenvalue weighted by Gasteiger charge is -2.25. The predicted molar refractivity (Wildman–Crippen MR) is 97.3 cm³/mol. The van der Waals surface area contributed by atoms with Crippen LogP contribution >= 0.6 is 23.4 Å². The maximum Gasteiger partial charge on any atom is 0.225 e. The molecular weight excluding hydrogens is 340 g/mol. The first-order valence-electron chi connectivity index (χ1n) is 7.53. The third kappa shape index (κ3) is 3.81. The normalized spacial score (nSPS) is 17.3.